The number of amides is 1. The highest BCUT2D eigenvalue weighted by Gasteiger charge is 2.48. The molecule has 1 aromatic heterocycles. The number of hydrogen-bond donors (Lipinski definition) is 3. The fourth-order valence-electron chi connectivity index (χ4n) is 1.92. The third-order valence-corrected chi connectivity index (χ3v) is 4.01. The van der Waals surface area contributed by atoms with Crippen LogP contribution in [0, 0.1) is 11.8 Å². The van der Waals surface area contributed by atoms with Gasteiger partial charge in [-0.15, -0.1) is 11.3 Å². The SMILES string of the molecule is O=C(O)CC(NC(=O)C1CC1C(=O)O)c1cccs1. The van der Waals surface area contributed by atoms with Crippen molar-refractivity contribution in [3.8, 4) is 0 Å². The molecule has 0 aromatic carbocycles. The summed E-state index contributed by atoms with van der Waals surface area (Å²) in [6.45, 7) is 0. The van der Waals surface area contributed by atoms with E-state index in [1.807, 2.05) is 0 Å². The van der Waals surface area contributed by atoms with Crippen LogP contribution in [0.4, 0.5) is 0 Å². The van der Waals surface area contributed by atoms with Gasteiger partial charge in [-0.2, -0.15) is 0 Å². The van der Waals surface area contributed by atoms with Crippen LogP contribution in [0.1, 0.15) is 23.8 Å². The van der Waals surface area contributed by atoms with Gasteiger partial charge in [0.05, 0.1) is 24.3 Å². The van der Waals surface area contributed by atoms with Crippen LogP contribution in [0.2, 0.25) is 0 Å². The molecule has 0 saturated heterocycles. The van der Waals surface area contributed by atoms with Crippen LogP contribution in [-0.2, 0) is 14.4 Å². The summed E-state index contributed by atoms with van der Waals surface area (Å²) in [6.07, 6.45) is 0.113. The molecule has 0 radical (unpaired) electrons. The van der Waals surface area contributed by atoms with E-state index in [2.05, 4.69) is 5.32 Å². The van der Waals surface area contributed by atoms with E-state index in [0.717, 1.165) is 4.88 Å². The molecular weight excluding hydrogens is 270 g/mol. The lowest BCUT2D eigenvalue weighted by molar-refractivity contribution is -0.141. The van der Waals surface area contributed by atoms with Gasteiger partial charge in [-0.3, -0.25) is 14.4 Å². The maximum Gasteiger partial charge on any atom is 0.307 e. The lowest BCUT2D eigenvalue weighted by Crippen LogP contribution is -2.31. The van der Waals surface area contributed by atoms with E-state index in [1.165, 1.54) is 11.3 Å². The summed E-state index contributed by atoms with van der Waals surface area (Å²) in [6, 6.07) is 2.93. The van der Waals surface area contributed by atoms with E-state index in [4.69, 9.17) is 10.2 Å². The van der Waals surface area contributed by atoms with Crippen LogP contribution in [0.15, 0.2) is 17.5 Å². The first kappa shape index (κ1) is 13.5. The molecule has 1 aliphatic rings. The molecule has 0 spiro atoms. The Morgan fingerprint density at radius 3 is 2.58 bits per heavy atom. The van der Waals surface area contributed by atoms with Crippen LogP contribution in [0.3, 0.4) is 0 Å². The van der Waals surface area contributed by atoms with Crippen LogP contribution in [0.5, 0.6) is 0 Å². The number of carbonyl (C=O) groups is 3. The lowest BCUT2D eigenvalue weighted by atomic mass is 10.1. The molecule has 1 saturated carbocycles. The smallest absolute Gasteiger partial charge is 0.307 e. The third-order valence-electron chi connectivity index (χ3n) is 3.03. The van der Waals surface area contributed by atoms with Gasteiger partial charge >= 0.3 is 11.9 Å². The van der Waals surface area contributed by atoms with Crippen molar-refractivity contribution in [2.45, 2.75) is 18.9 Å². The van der Waals surface area contributed by atoms with Crippen molar-refractivity contribution in [3.63, 3.8) is 0 Å². The van der Waals surface area contributed by atoms with Crippen molar-refractivity contribution in [1.82, 2.24) is 5.32 Å². The maximum atomic E-state index is 11.8. The topological polar surface area (TPSA) is 104 Å². The van der Waals surface area contributed by atoms with Crippen molar-refractivity contribution in [2.75, 3.05) is 0 Å². The molecule has 2 rings (SSSR count). The number of carboxylic acid groups (broad SMARTS) is 2. The van der Waals surface area contributed by atoms with Gasteiger partial charge in [0, 0.05) is 4.88 Å². The number of carbonyl (C=O) groups excluding carboxylic acids is 1. The Labute approximate surface area is 113 Å². The van der Waals surface area contributed by atoms with Gasteiger partial charge in [-0.1, -0.05) is 6.07 Å². The van der Waals surface area contributed by atoms with E-state index >= 15 is 0 Å². The Balaban J connectivity index is 1.99. The van der Waals surface area contributed by atoms with E-state index in [9.17, 15) is 14.4 Å². The Morgan fingerprint density at radius 2 is 2.11 bits per heavy atom. The minimum atomic E-state index is -1.01. The third kappa shape index (κ3) is 3.31. The zero-order valence-corrected chi connectivity index (χ0v) is 10.7. The van der Waals surface area contributed by atoms with Gasteiger partial charge in [0.25, 0.3) is 0 Å². The Morgan fingerprint density at radius 1 is 1.37 bits per heavy atom. The van der Waals surface area contributed by atoms with Gasteiger partial charge in [-0.25, -0.2) is 0 Å². The van der Waals surface area contributed by atoms with Crippen LogP contribution in [0.25, 0.3) is 0 Å². The highest BCUT2D eigenvalue weighted by molar-refractivity contribution is 7.10. The second-order valence-corrected chi connectivity index (χ2v) is 5.44. The van der Waals surface area contributed by atoms with Gasteiger partial charge in [-0.05, 0) is 17.9 Å². The van der Waals surface area contributed by atoms with Crippen LogP contribution in [-0.4, -0.2) is 28.1 Å². The number of hydrogen-bond acceptors (Lipinski definition) is 4. The quantitative estimate of drug-likeness (QED) is 0.725. The number of nitrogens with one attached hydrogen (secondary N) is 1. The summed E-state index contributed by atoms with van der Waals surface area (Å²) in [5.74, 6) is -3.54. The fraction of sp³-hybridized carbons (Fsp3) is 0.417. The number of carboxylic acids is 2. The predicted molar refractivity (Wildman–Crippen MR) is 66.7 cm³/mol. The van der Waals surface area contributed by atoms with E-state index in [1.54, 1.807) is 17.5 Å². The molecule has 3 atom stereocenters. The van der Waals surface area contributed by atoms with Gasteiger partial charge < -0.3 is 15.5 Å². The number of thiophene rings is 1. The summed E-state index contributed by atoms with van der Waals surface area (Å²) in [5.41, 5.74) is 0. The second-order valence-electron chi connectivity index (χ2n) is 4.46. The Bertz CT molecular complexity index is 498. The number of rotatable bonds is 6. The molecule has 19 heavy (non-hydrogen) atoms. The summed E-state index contributed by atoms with van der Waals surface area (Å²) in [5, 5.41) is 22.0. The van der Waals surface area contributed by atoms with Crippen molar-refractivity contribution < 1.29 is 24.6 Å². The Hall–Kier alpha value is -1.89. The lowest BCUT2D eigenvalue weighted by Gasteiger charge is -2.15. The van der Waals surface area contributed by atoms with Gasteiger partial charge in [0.15, 0.2) is 0 Å². The summed E-state index contributed by atoms with van der Waals surface area (Å²) in [4.78, 5) is 34.1. The monoisotopic (exact) mass is 283 g/mol. The largest absolute Gasteiger partial charge is 0.481 e. The van der Waals surface area contributed by atoms with Crippen molar-refractivity contribution in [3.05, 3.63) is 22.4 Å². The molecule has 1 aliphatic carbocycles. The first-order valence-electron chi connectivity index (χ1n) is 5.77. The molecule has 7 heteroatoms. The maximum absolute atomic E-state index is 11.8. The average molecular weight is 283 g/mol. The zero-order chi connectivity index (χ0) is 14.0. The van der Waals surface area contributed by atoms with Crippen molar-refractivity contribution >= 4 is 29.2 Å². The van der Waals surface area contributed by atoms with E-state index in [-0.39, 0.29) is 12.3 Å². The molecule has 1 aromatic rings. The molecule has 1 heterocycles. The molecule has 0 aliphatic heterocycles. The van der Waals surface area contributed by atoms with Crippen LogP contribution >= 0.6 is 11.3 Å². The standard InChI is InChI=1S/C12H13NO5S/c14-10(15)5-8(9-2-1-3-19-9)13-11(16)6-4-7(6)12(17)18/h1-3,6-8H,4-5H2,(H,13,16)(H,14,15)(H,17,18). The minimum Gasteiger partial charge on any atom is -0.481 e. The summed E-state index contributed by atoms with van der Waals surface area (Å²) < 4.78 is 0. The first-order chi connectivity index (χ1) is 8.99. The number of aliphatic carboxylic acids is 2. The summed E-state index contributed by atoms with van der Waals surface area (Å²) >= 11 is 1.36. The van der Waals surface area contributed by atoms with E-state index < -0.39 is 29.8 Å². The highest BCUT2D eigenvalue weighted by Crippen LogP contribution is 2.39. The van der Waals surface area contributed by atoms with Gasteiger partial charge in [0.1, 0.15) is 0 Å². The average Bonchev–Trinajstić information content (AvgIpc) is 2.95. The fourth-order valence-corrected chi connectivity index (χ4v) is 2.70. The first-order valence-corrected chi connectivity index (χ1v) is 6.65. The molecule has 102 valence electrons. The molecule has 1 fully saturated rings. The molecule has 1 amide bonds. The molecular formula is C12H13NO5S. The van der Waals surface area contributed by atoms with Crippen molar-refractivity contribution in [2.24, 2.45) is 11.8 Å². The van der Waals surface area contributed by atoms with Crippen molar-refractivity contribution in [1.29, 1.82) is 0 Å². The molecule has 0 bridgehead atoms. The minimum absolute atomic E-state index is 0.212. The molecule has 6 nitrogen and oxygen atoms in total. The molecule has 3 unspecified atom stereocenters. The van der Waals surface area contributed by atoms with E-state index in [0.29, 0.717) is 6.42 Å². The predicted octanol–water partition coefficient (Wildman–Crippen LogP) is 1.10. The van der Waals surface area contributed by atoms with Gasteiger partial charge in [0.2, 0.25) is 5.91 Å². The molecule has 3 N–H and O–H groups in total. The highest BCUT2D eigenvalue weighted by atomic mass is 32.1. The second kappa shape index (κ2) is 5.40. The Kier molecular flexibility index (Phi) is 3.84. The zero-order valence-electron chi connectivity index (χ0n) is 9.91. The normalized spacial score (nSPS) is 22.5. The van der Waals surface area contributed by atoms with Crippen LogP contribution < -0.4 is 5.32 Å². The summed E-state index contributed by atoms with van der Waals surface area (Å²) in [7, 11) is 0.